The number of hydrogen-bond acceptors (Lipinski definition) is 1. The van der Waals surface area contributed by atoms with Crippen LogP contribution in [0.1, 0.15) is 18.9 Å². The van der Waals surface area contributed by atoms with Gasteiger partial charge < -0.3 is 4.57 Å². The molecule has 0 amide bonds. The van der Waals surface area contributed by atoms with E-state index in [-0.39, 0.29) is 5.78 Å². The largest absolute Gasteiger partial charge is 0.347 e. The molecule has 0 radical (unpaired) electrons. The van der Waals surface area contributed by atoms with Crippen molar-refractivity contribution in [3.63, 3.8) is 0 Å². The highest BCUT2D eigenvalue weighted by Crippen LogP contribution is 2.20. The highest BCUT2D eigenvalue weighted by atomic mass is 16.1. The van der Waals surface area contributed by atoms with Gasteiger partial charge >= 0.3 is 0 Å². The van der Waals surface area contributed by atoms with Gasteiger partial charge in [0.05, 0.1) is 0 Å². The predicted octanol–water partition coefficient (Wildman–Crippen LogP) is 2.93. The van der Waals surface area contributed by atoms with Gasteiger partial charge in [-0.05, 0) is 25.5 Å². The van der Waals surface area contributed by atoms with Gasteiger partial charge in [0.15, 0.2) is 0 Å². The third-order valence-electron chi connectivity index (χ3n) is 2.69. The zero-order valence-corrected chi connectivity index (χ0v) is 9.16. The summed E-state index contributed by atoms with van der Waals surface area (Å²) in [5, 5.41) is 1.28. The topological polar surface area (TPSA) is 22.0 Å². The van der Waals surface area contributed by atoms with Crippen LogP contribution in [-0.2, 0) is 11.3 Å². The molecule has 0 fully saturated rings. The molecular formula is C13H15NO. The monoisotopic (exact) mass is 201 g/mol. The number of nitrogens with zero attached hydrogens (tertiary/aromatic N) is 1. The first-order valence-electron chi connectivity index (χ1n) is 5.22. The van der Waals surface area contributed by atoms with Crippen LogP contribution in [0.4, 0.5) is 0 Å². The van der Waals surface area contributed by atoms with Crippen molar-refractivity contribution in [3.8, 4) is 0 Å². The lowest BCUT2D eigenvalue weighted by Gasteiger charge is -2.02. The maximum atomic E-state index is 10.9. The standard InChI is InChI=1S/C13H15NO/c1-10-9-14(8-7-11(2)15)13-6-4-3-5-12(10)13/h3-6,9H,7-8H2,1-2H3. The number of aromatic nitrogens is 1. The number of carbonyl (C=O) groups excluding carboxylic acids is 1. The summed E-state index contributed by atoms with van der Waals surface area (Å²) in [5.41, 5.74) is 2.49. The molecule has 0 N–H and O–H groups in total. The predicted molar refractivity (Wildman–Crippen MR) is 62.0 cm³/mol. The summed E-state index contributed by atoms with van der Waals surface area (Å²) >= 11 is 0. The van der Waals surface area contributed by atoms with E-state index in [4.69, 9.17) is 0 Å². The summed E-state index contributed by atoms with van der Waals surface area (Å²) in [6.45, 7) is 4.52. The first kappa shape index (κ1) is 9.97. The Labute approximate surface area is 89.5 Å². The van der Waals surface area contributed by atoms with E-state index in [1.165, 1.54) is 16.5 Å². The summed E-state index contributed by atoms with van der Waals surface area (Å²) < 4.78 is 2.16. The molecular weight excluding hydrogens is 186 g/mol. The van der Waals surface area contributed by atoms with Crippen molar-refractivity contribution in [1.82, 2.24) is 4.57 Å². The Hall–Kier alpha value is -1.57. The van der Waals surface area contributed by atoms with Crippen LogP contribution in [0.3, 0.4) is 0 Å². The van der Waals surface area contributed by atoms with E-state index in [9.17, 15) is 4.79 Å². The summed E-state index contributed by atoms with van der Waals surface area (Å²) in [6.07, 6.45) is 2.73. The van der Waals surface area contributed by atoms with Crippen LogP contribution in [0.15, 0.2) is 30.5 Å². The number of aryl methyl sites for hydroxylation is 2. The summed E-state index contributed by atoms with van der Waals surface area (Å²) in [5.74, 6) is 0.241. The Morgan fingerprint density at radius 2 is 2.07 bits per heavy atom. The number of carbonyl (C=O) groups is 1. The molecule has 1 aromatic heterocycles. The fraction of sp³-hybridized carbons (Fsp3) is 0.308. The summed E-state index contributed by atoms with van der Waals surface area (Å²) in [4.78, 5) is 10.9. The molecule has 0 unspecified atom stereocenters. The Morgan fingerprint density at radius 1 is 1.33 bits per heavy atom. The molecule has 2 rings (SSSR count). The lowest BCUT2D eigenvalue weighted by Crippen LogP contribution is -2.00. The van der Waals surface area contributed by atoms with Gasteiger partial charge in [-0.1, -0.05) is 18.2 Å². The number of fused-ring (bicyclic) bond motifs is 1. The second-order valence-electron chi connectivity index (χ2n) is 3.97. The fourth-order valence-corrected chi connectivity index (χ4v) is 1.89. The molecule has 0 atom stereocenters. The second-order valence-corrected chi connectivity index (χ2v) is 3.97. The van der Waals surface area contributed by atoms with Crippen molar-refractivity contribution >= 4 is 16.7 Å². The Balaban J connectivity index is 2.39. The Bertz CT molecular complexity index is 496. The smallest absolute Gasteiger partial charge is 0.131 e. The zero-order valence-electron chi connectivity index (χ0n) is 9.16. The number of rotatable bonds is 3. The molecule has 0 spiro atoms. The van der Waals surface area contributed by atoms with Gasteiger partial charge in [0.2, 0.25) is 0 Å². The van der Waals surface area contributed by atoms with Crippen LogP contribution in [-0.4, -0.2) is 10.4 Å². The van der Waals surface area contributed by atoms with Gasteiger partial charge in [0.25, 0.3) is 0 Å². The van der Waals surface area contributed by atoms with Crippen molar-refractivity contribution < 1.29 is 4.79 Å². The molecule has 2 aromatic rings. The van der Waals surface area contributed by atoms with Gasteiger partial charge in [-0.2, -0.15) is 0 Å². The quantitative estimate of drug-likeness (QED) is 0.748. The fourth-order valence-electron chi connectivity index (χ4n) is 1.89. The van der Waals surface area contributed by atoms with Crippen LogP contribution in [0.25, 0.3) is 10.9 Å². The molecule has 0 bridgehead atoms. The van der Waals surface area contributed by atoms with Gasteiger partial charge in [-0.15, -0.1) is 0 Å². The van der Waals surface area contributed by atoms with Crippen molar-refractivity contribution in [2.75, 3.05) is 0 Å². The van der Waals surface area contributed by atoms with Gasteiger partial charge in [-0.25, -0.2) is 0 Å². The number of hydrogen-bond donors (Lipinski definition) is 0. The van der Waals surface area contributed by atoms with Crippen LogP contribution < -0.4 is 0 Å². The Kier molecular flexibility index (Phi) is 2.58. The van der Waals surface area contributed by atoms with E-state index in [2.05, 4.69) is 29.8 Å². The average molecular weight is 201 g/mol. The van der Waals surface area contributed by atoms with E-state index in [1.807, 2.05) is 12.1 Å². The minimum absolute atomic E-state index is 0.241. The number of ketones is 1. The molecule has 0 aliphatic rings. The maximum Gasteiger partial charge on any atom is 0.131 e. The third-order valence-corrected chi connectivity index (χ3v) is 2.69. The zero-order chi connectivity index (χ0) is 10.8. The average Bonchev–Trinajstić information content (AvgIpc) is 2.54. The van der Waals surface area contributed by atoms with Crippen molar-refractivity contribution in [1.29, 1.82) is 0 Å². The number of benzene rings is 1. The van der Waals surface area contributed by atoms with Crippen LogP contribution in [0, 0.1) is 6.92 Å². The maximum absolute atomic E-state index is 10.9. The van der Waals surface area contributed by atoms with Gasteiger partial charge in [-0.3, -0.25) is 4.79 Å². The lowest BCUT2D eigenvalue weighted by molar-refractivity contribution is -0.117. The molecule has 78 valence electrons. The van der Waals surface area contributed by atoms with E-state index >= 15 is 0 Å². The van der Waals surface area contributed by atoms with Crippen molar-refractivity contribution in [2.45, 2.75) is 26.8 Å². The lowest BCUT2D eigenvalue weighted by atomic mass is 10.2. The highest BCUT2D eigenvalue weighted by molar-refractivity contribution is 5.84. The van der Waals surface area contributed by atoms with Crippen LogP contribution in [0.5, 0.6) is 0 Å². The normalized spacial score (nSPS) is 10.8. The van der Waals surface area contributed by atoms with E-state index in [0.29, 0.717) is 6.42 Å². The van der Waals surface area contributed by atoms with Crippen molar-refractivity contribution in [2.24, 2.45) is 0 Å². The first-order valence-corrected chi connectivity index (χ1v) is 5.22. The first-order chi connectivity index (χ1) is 7.18. The molecule has 0 saturated heterocycles. The summed E-state index contributed by atoms with van der Waals surface area (Å²) in [6, 6.07) is 8.30. The summed E-state index contributed by atoms with van der Waals surface area (Å²) in [7, 11) is 0. The molecule has 2 heteroatoms. The van der Waals surface area contributed by atoms with Gasteiger partial charge in [0.1, 0.15) is 5.78 Å². The molecule has 1 aromatic carbocycles. The van der Waals surface area contributed by atoms with E-state index < -0.39 is 0 Å². The molecule has 0 aliphatic carbocycles. The number of Topliss-reactive ketones (excluding diaryl/α,β-unsaturated/α-hetero) is 1. The van der Waals surface area contributed by atoms with Crippen LogP contribution >= 0.6 is 0 Å². The Morgan fingerprint density at radius 3 is 2.80 bits per heavy atom. The molecule has 0 aliphatic heterocycles. The SMILES string of the molecule is CC(=O)CCn1cc(C)c2ccccc21. The number of para-hydroxylation sites is 1. The minimum Gasteiger partial charge on any atom is -0.347 e. The van der Waals surface area contributed by atoms with E-state index in [1.54, 1.807) is 6.92 Å². The molecule has 2 nitrogen and oxygen atoms in total. The molecule has 0 saturated carbocycles. The van der Waals surface area contributed by atoms with Gasteiger partial charge in [0, 0.05) is 30.1 Å². The van der Waals surface area contributed by atoms with Crippen molar-refractivity contribution in [3.05, 3.63) is 36.0 Å². The molecule has 1 heterocycles. The third kappa shape index (κ3) is 1.94. The highest BCUT2D eigenvalue weighted by Gasteiger charge is 2.04. The van der Waals surface area contributed by atoms with Crippen LogP contribution in [0.2, 0.25) is 0 Å². The minimum atomic E-state index is 0.241. The molecule has 15 heavy (non-hydrogen) atoms. The second kappa shape index (κ2) is 3.89. The van der Waals surface area contributed by atoms with E-state index in [0.717, 1.165) is 6.54 Å².